The quantitative estimate of drug-likeness (QED) is 0.655. The second-order valence-corrected chi connectivity index (χ2v) is 4.51. The largest absolute Gasteiger partial charge is 0.195 e. The van der Waals surface area contributed by atoms with Crippen LogP contribution in [0.2, 0.25) is 0 Å². The molecule has 0 saturated heterocycles. The van der Waals surface area contributed by atoms with Crippen molar-refractivity contribution >= 4 is 37.4 Å². The van der Waals surface area contributed by atoms with Crippen molar-refractivity contribution in [1.82, 2.24) is 0 Å². The molecule has 0 amide bonds. The van der Waals surface area contributed by atoms with Crippen molar-refractivity contribution in [2.24, 2.45) is 0 Å². The van der Waals surface area contributed by atoms with Crippen molar-refractivity contribution in [3.8, 4) is 0 Å². The molecule has 0 fully saturated rings. The zero-order valence-electron chi connectivity index (χ0n) is 6.40. The van der Waals surface area contributed by atoms with E-state index in [0.717, 1.165) is 20.1 Å². The Morgan fingerprint density at radius 1 is 1.42 bits per heavy atom. The van der Waals surface area contributed by atoms with Crippen LogP contribution in [0.4, 0.5) is 4.39 Å². The summed E-state index contributed by atoms with van der Waals surface area (Å²) in [7, 11) is 0. The second kappa shape index (κ2) is 2.82. The van der Waals surface area contributed by atoms with Crippen LogP contribution in [0.3, 0.4) is 0 Å². The van der Waals surface area contributed by atoms with Gasteiger partial charge in [0.1, 0.15) is 0 Å². The van der Waals surface area contributed by atoms with Gasteiger partial charge in [-0.15, -0.1) is 11.3 Å². The molecule has 0 aliphatic rings. The lowest BCUT2D eigenvalue weighted by Gasteiger charge is -1.96. The van der Waals surface area contributed by atoms with Gasteiger partial charge in [0.2, 0.25) is 0 Å². The lowest BCUT2D eigenvalue weighted by atomic mass is 10.2. The summed E-state index contributed by atoms with van der Waals surface area (Å²) in [6.07, 6.45) is 0. The number of aryl methyl sites for hydroxylation is 1. The molecule has 12 heavy (non-hydrogen) atoms. The Kier molecular flexibility index (Phi) is 1.93. The van der Waals surface area contributed by atoms with Crippen molar-refractivity contribution in [1.29, 1.82) is 0 Å². The molecule has 1 aromatic heterocycles. The second-order valence-electron chi connectivity index (χ2n) is 2.66. The Hall–Kier alpha value is -0.410. The highest BCUT2D eigenvalue weighted by Crippen LogP contribution is 2.33. The van der Waals surface area contributed by atoms with Crippen LogP contribution in [0.1, 0.15) is 5.56 Å². The fourth-order valence-corrected chi connectivity index (χ4v) is 2.65. The maximum atomic E-state index is 12.9. The molecule has 0 aliphatic heterocycles. The van der Waals surface area contributed by atoms with Crippen LogP contribution in [0, 0.1) is 12.1 Å². The predicted octanol–water partition coefficient (Wildman–Crippen LogP) is 4.11. The minimum absolute atomic E-state index is 0.125. The zero-order valence-corrected chi connectivity index (χ0v) is 8.80. The average molecular weight is 245 g/mol. The van der Waals surface area contributed by atoms with Crippen LogP contribution in [0.25, 0.3) is 10.1 Å². The van der Waals surface area contributed by atoms with Crippen molar-refractivity contribution in [2.45, 2.75) is 6.92 Å². The first-order valence-electron chi connectivity index (χ1n) is 3.52. The maximum absolute atomic E-state index is 12.9. The normalized spacial score (nSPS) is 10.9. The minimum atomic E-state index is -0.125. The van der Waals surface area contributed by atoms with E-state index in [2.05, 4.69) is 15.9 Å². The lowest BCUT2D eigenvalue weighted by Crippen LogP contribution is -1.72. The Bertz CT molecular complexity index is 394. The summed E-state index contributed by atoms with van der Waals surface area (Å²) >= 11 is 4.57. The minimum Gasteiger partial charge on any atom is -0.195 e. The summed E-state index contributed by atoms with van der Waals surface area (Å²) in [6.45, 7) is 1.99. The molecule has 0 unspecified atom stereocenters. The van der Waals surface area contributed by atoms with Crippen molar-refractivity contribution in [3.05, 3.63) is 33.4 Å². The molecule has 0 bridgehead atoms. The van der Waals surface area contributed by atoms with Gasteiger partial charge in [-0.2, -0.15) is 4.39 Å². The van der Waals surface area contributed by atoms with Gasteiger partial charge >= 0.3 is 0 Å². The molecule has 2 rings (SSSR count). The summed E-state index contributed by atoms with van der Waals surface area (Å²) in [6, 6.07) is 5.52. The molecular formula is C9H6BrFS. The summed E-state index contributed by atoms with van der Waals surface area (Å²) in [4.78, 5) is 0. The van der Waals surface area contributed by atoms with Gasteiger partial charge in [-0.25, -0.2) is 0 Å². The van der Waals surface area contributed by atoms with Crippen LogP contribution in [0.15, 0.2) is 22.7 Å². The van der Waals surface area contributed by atoms with E-state index in [0.29, 0.717) is 0 Å². The Morgan fingerprint density at radius 3 is 2.83 bits per heavy atom. The average Bonchev–Trinajstić information content (AvgIpc) is 2.41. The summed E-state index contributed by atoms with van der Waals surface area (Å²) < 4.78 is 14.8. The third-order valence-electron chi connectivity index (χ3n) is 1.82. The van der Waals surface area contributed by atoms with Crippen LogP contribution in [-0.2, 0) is 0 Å². The molecule has 2 aromatic rings. The van der Waals surface area contributed by atoms with E-state index in [1.54, 1.807) is 6.07 Å². The predicted molar refractivity (Wildman–Crippen MR) is 54.2 cm³/mol. The van der Waals surface area contributed by atoms with Crippen molar-refractivity contribution in [2.75, 3.05) is 0 Å². The van der Waals surface area contributed by atoms with E-state index in [1.807, 2.05) is 19.1 Å². The first-order chi connectivity index (χ1) is 5.68. The van der Waals surface area contributed by atoms with Gasteiger partial charge in [0.05, 0.1) is 4.70 Å². The molecular weight excluding hydrogens is 239 g/mol. The van der Waals surface area contributed by atoms with Gasteiger partial charge in [0.25, 0.3) is 0 Å². The van der Waals surface area contributed by atoms with E-state index in [-0.39, 0.29) is 5.13 Å². The number of rotatable bonds is 0. The highest BCUT2D eigenvalue weighted by Gasteiger charge is 2.06. The smallest absolute Gasteiger partial charge is 0.177 e. The molecule has 0 saturated carbocycles. The van der Waals surface area contributed by atoms with Gasteiger partial charge in [0, 0.05) is 4.47 Å². The third kappa shape index (κ3) is 1.17. The Labute approximate surface area is 82.2 Å². The fraction of sp³-hybridized carbons (Fsp3) is 0.111. The molecule has 0 radical (unpaired) electrons. The molecule has 1 aromatic carbocycles. The molecule has 3 heteroatoms. The van der Waals surface area contributed by atoms with Crippen molar-refractivity contribution < 1.29 is 4.39 Å². The highest BCUT2D eigenvalue weighted by molar-refractivity contribution is 9.10. The Balaban J connectivity index is 2.93. The van der Waals surface area contributed by atoms with E-state index in [9.17, 15) is 4.39 Å². The SMILES string of the molecule is Cc1ccc(Br)c2sc(F)cc12. The van der Waals surface area contributed by atoms with Crippen LogP contribution in [-0.4, -0.2) is 0 Å². The first-order valence-corrected chi connectivity index (χ1v) is 5.13. The molecule has 0 atom stereocenters. The number of fused-ring (bicyclic) bond motifs is 1. The highest BCUT2D eigenvalue weighted by atomic mass is 79.9. The third-order valence-corrected chi connectivity index (χ3v) is 3.70. The Morgan fingerprint density at radius 2 is 2.17 bits per heavy atom. The lowest BCUT2D eigenvalue weighted by molar-refractivity contribution is 0.658. The van der Waals surface area contributed by atoms with Gasteiger partial charge in [0.15, 0.2) is 5.13 Å². The first kappa shape index (κ1) is 8.20. The summed E-state index contributed by atoms with van der Waals surface area (Å²) in [5.74, 6) is 0. The molecule has 0 N–H and O–H groups in total. The molecule has 0 spiro atoms. The van der Waals surface area contributed by atoms with Crippen LogP contribution < -0.4 is 0 Å². The number of benzene rings is 1. The number of hydrogen-bond donors (Lipinski definition) is 0. The summed E-state index contributed by atoms with van der Waals surface area (Å²) in [5.41, 5.74) is 1.12. The molecule has 0 aliphatic carbocycles. The van der Waals surface area contributed by atoms with Gasteiger partial charge < -0.3 is 0 Å². The standard InChI is InChI=1S/C9H6BrFS/c1-5-2-3-7(10)9-6(5)4-8(11)12-9/h2-4H,1H3. The molecule has 0 nitrogen and oxygen atoms in total. The molecule has 62 valence electrons. The van der Waals surface area contributed by atoms with E-state index < -0.39 is 0 Å². The van der Waals surface area contributed by atoms with Crippen LogP contribution in [0.5, 0.6) is 0 Å². The maximum Gasteiger partial charge on any atom is 0.177 e. The fourth-order valence-electron chi connectivity index (χ4n) is 1.19. The van der Waals surface area contributed by atoms with Crippen molar-refractivity contribution in [3.63, 3.8) is 0 Å². The van der Waals surface area contributed by atoms with Gasteiger partial charge in [-0.1, -0.05) is 6.07 Å². The number of halogens is 2. The van der Waals surface area contributed by atoms with Gasteiger partial charge in [-0.3, -0.25) is 0 Å². The number of hydrogen-bond acceptors (Lipinski definition) is 1. The van der Waals surface area contributed by atoms with Crippen LogP contribution >= 0.6 is 27.3 Å². The van der Waals surface area contributed by atoms with E-state index in [4.69, 9.17) is 0 Å². The van der Waals surface area contributed by atoms with E-state index in [1.165, 1.54) is 11.3 Å². The molecule has 1 heterocycles. The zero-order chi connectivity index (χ0) is 8.72. The van der Waals surface area contributed by atoms with E-state index >= 15 is 0 Å². The topological polar surface area (TPSA) is 0 Å². The van der Waals surface area contributed by atoms with Gasteiger partial charge in [-0.05, 0) is 45.9 Å². The number of thiophene rings is 1. The summed E-state index contributed by atoms with van der Waals surface area (Å²) in [5, 5.41) is 0.881. The monoisotopic (exact) mass is 244 g/mol.